The van der Waals surface area contributed by atoms with Crippen molar-refractivity contribution in [3.63, 3.8) is 0 Å². The Kier molecular flexibility index (Phi) is 4.17. The van der Waals surface area contributed by atoms with Crippen LogP contribution in [0.1, 0.15) is 10.4 Å². The van der Waals surface area contributed by atoms with E-state index in [1.807, 2.05) is 6.07 Å². The van der Waals surface area contributed by atoms with Crippen LogP contribution in [0.3, 0.4) is 0 Å². The van der Waals surface area contributed by atoms with Crippen molar-refractivity contribution in [2.75, 3.05) is 5.32 Å². The third-order valence-corrected chi connectivity index (χ3v) is 3.88. The summed E-state index contributed by atoms with van der Waals surface area (Å²) in [6.07, 6.45) is 1.64. The van der Waals surface area contributed by atoms with Crippen LogP contribution < -0.4 is 5.32 Å². The van der Waals surface area contributed by atoms with Gasteiger partial charge in [0.15, 0.2) is 4.47 Å². The number of anilines is 1. The van der Waals surface area contributed by atoms with E-state index in [9.17, 15) is 4.39 Å². The van der Waals surface area contributed by atoms with Gasteiger partial charge in [-0.2, -0.15) is 5.26 Å². The number of hydrogen-bond acceptors (Lipinski definition) is 4. The highest BCUT2D eigenvalue weighted by atomic mass is 79.9. The largest absolute Gasteiger partial charge is 0.379 e. The molecule has 0 saturated heterocycles. The van der Waals surface area contributed by atoms with Crippen LogP contribution in [0.4, 0.5) is 10.1 Å². The maximum absolute atomic E-state index is 13.4. The molecule has 0 aliphatic rings. The zero-order valence-electron chi connectivity index (χ0n) is 8.88. The number of thiazole rings is 1. The molecule has 7 heteroatoms. The van der Waals surface area contributed by atoms with E-state index in [4.69, 9.17) is 16.9 Å². The average Bonchev–Trinajstić information content (AvgIpc) is 2.76. The van der Waals surface area contributed by atoms with Gasteiger partial charge in [-0.1, -0.05) is 11.6 Å². The van der Waals surface area contributed by atoms with Crippen LogP contribution in [0.25, 0.3) is 0 Å². The van der Waals surface area contributed by atoms with Crippen LogP contribution in [0.2, 0.25) is 4.47 Å². The molecule has 0 aliphatic heterocycles. The van der Waals surface area contributed by atoms with Gasteiger partial charge in [0, 0.05) is 11.1 Å². The second kappa shape index (κ2) is 5.65. The van der Waals surface area contributed by atoms with Gasteiger partial charge in [0.05, 0.1) is 22.3 Å². The molecule has 0 saturated carbocycles. The normalized spacial score (nSPS) is 10.1. The highest BCUT2D eigenvalue weighted by molar-refractivity contribution is 9.10. The minimum Gasteiger partial charge on any atom is -0.379 e. The van der Waals surface area contributed by atoms with Crippen LogP contribution in [0.15, 0.2) is 22.8 Å². The van der Waals surface area contributed by atoms with Crippen molar-refractivity contribution in [2.45, 2.75) is 6.54 Å². The van der Waals surface area contributed by atoms with Crippen LogP contribution in [-0.2, 0) is 6.54 Å². The maximum Gasteiger partial charge on any atom is 0.183 e. The van der Waals surface area contributed by atoms with Gasteiger partial charge in [-0.05, 0) is 28.1 Å². The molecule has 0 spiro atoms. The summed E-state index contributed by atoms with van der Waals surface area (Å²) in [5, 5.41) is 12.0. The average molecular weight is 347 g/mol. The Bertz CT molecular complexity index is 623. The number of hydrogen-bond donors (Lipinski definition) is 1. The van der Waals surface area contributed by atoms with E-state index >= 15 is 0 Å². The third kappa shape index (κ3) is 2.99. The lowest BCUT2D eigenvalue weighted by Crippen LogP contribution is -2.00. The van der Waals surface area contributed by atoms with Gasteiger partial charge in [-0.3, -0.25) is 0 Å². The van der Waals surface area contributed by atoms with Gasteiger partial charge < -0.3 is 5.32 Å². The highest BCUT2D eigenvalue weighted by Crippen LogP contribution is 2.25. The fourth-order valence-electron chi connectivity index (χ4n) is 1.33. The number of nitriles is 1. The smallest absolute Gasteiger partial charge is 0.183 e. The zero-order chi connectivity index (χ0) is 13.1. The standard InChI is InChI=1S/C11H6BrClFN3S/c12-8-1-6(3-15)10(2-9(8)14)16-4-7-5-17-11(13)18-7/h1-2,5,16H,4H2. The molecule has 0 fully saturated rings. The van der Waals surface area contributed by atoms with E-state index < -0.39 is 5.82 Å². The monoisotopic (exact) mass is 345 g/mol. The number of benzene rings is 1. The van der Waals surface area contributed by atoms with E-state index in [2.05, 4.69) is 26.2 Å². The molecule has 0 aliphatic carbocycles. The summed E-state index contributed by atoms with van der Waals surface area (Å²) >= 11 is 10.1. The first kappa shape index (κ1) is 13.3. The van der Waals surface area contributed by atoms with Crippen LogP contribution in [0.5, 0.6) is 0 Å². The van der Waals surface area contributed by atoms with Gasteiger partial charge in [-0.15, -0.1) is 11.3 Å². The van der Waals surface area contributed by atoms with Crippen LogP contribution >= 0.6 is 38.9 Å². The first-order valence-electron chi connectivity index (χ1n) is 4.83. The molecule has 1 aromatic carbocycles. The summed E-state index contributed by atoms with van der Waals surface area (Å²) in [5.41, 5.74) is 0.821. The summed E-state index contributed by atoms with van der Waals surface area (Å²) < 4.78 is 14.1. The Morgan fingerprint density at radius 3 is 2.94 bits per heavy atom. The first-order chi connectivity index (χ1) is 8.60. The molecule has 1 heterocycles. The molecule has 0 atom stereocenters. The number of halogens is 3. The highest BCUT2D eigenvalue weighted by Gasteiger charge is 2.08. The predicted octanol–water partition coefficient (Wildman–Crippen LogP) is 4.18. The van der Waals surface area contributed by atoms with Crippen molar-refractivity contribution >= 4 is 44.6 Å². The van der Waals surface area contributed by atoms with Gasteiger partial charge in [-0.25, -0.2) is 9.37 Å². The topological polar surface area (TPSA) is 48.7 Å². The molecular formula is C11H6BrClFN3S. The SMILES string of the molecule is N#Cc1cc(Br)c(F)cc1NCc1cnc(Cl)s1. The number of aromatic nitrogens is 1. The van der Waals surface area contributed by atoms with Crippen molar-refractivity contribution in [1.82, 2.24) is 4.98 Å². The summed E-state index contributed by atoms with van der Waals surface area (Å²) in [6, 6.07) is 4.73. The Balaban J connectivity index is 2.19. The molecule has 18 heavy (non-hydrogen) atoms. The van der Waals surface area contributed by atoms with Gasteiger partial charge in [0.25, 0.3) is 0 Å². The van der Waals surface area contributed by atoms with Crippen molar-refractivity contribution in [1.29, 1.82) is 5.26 Å². The van der Waals surface area contributed by atoms with E-state index in [1.54, 1.807) is 6.20 Å². The van der Waals surface area contributed by atoms with Crippen LogP contribution in [-0.4, -0.2) is 4.98 Å². The lowest BCUT2D eigenvalue weighted by molar-refractivity contribution is 0.621. The van der Waals surface area contributed by atoms with Gasteiger partial charge in [0.1, 0.15) is 11.9 Å². The van der Waals surface area contributed by atoms with E-state index in [0.717, 1.165) is 4.88 Å². The first-order valence-corrected chi connectivity index (χ1v) is 6.82. The molecule has 1 N–H and O–H groups in total. The Hall–Kier alpha value is -1.16. The Labute approximate surface area is 120 Å². The summed E-state index contributed by atoms with van der Waals surface area (Å²) in [7, 11) is 0. The molecule has 3 nitrogen and oxygen atoms in total. The molecule has 92 valence electrons. The van der Waals surface area contributed by atoms with Crippen molar-refractivity contribution in [2.24, 2.45) is 0 Å². The van der Waals surface area contributed by atoms with E-state index in [-0.39, 0.29) is 4.47 Å². The molecule has 0 unspecified atom stereocenters. The minimum atomic E-state index is -0.418. The van der Waals surface area contributed by atoms with E-state index in [0.29, 0.717) is 22.3 Å². The second-order valence-corrected chi connectivity index (χ2v) is 5.91. The van der Waals surface area contributed by atoms with Crippen molar-refractivity contribution < 1.29 is 4.39 Å². The van der Waals surface area contributed by atoms with Gasteiger partial charge >= 0.3 is 0 Å². The molecule has 1 aromatic heterocycles. The summed E-state index contributed by atoms with van der Waals surface area (Å²) in [6.45, 7) is 0.445. The minimum absolute atomic E-state index is 0.269. The molecule has 0 bridgehead atoms. The Morgan fingerprint density at radius 2 is 2.33 bits per heavy atom. The fourth-order valence-corrected chi connectivity index (χ4v) is 2.59. The Morgan fingerprint density at radius 1 is 1.56 bits per heavy atom. The summed E-state index contributed by atoms with van der Waals surface area (Å²) in [4.78, 5) is 4.81. The van der Waals surface area contributed by atoms with E-state index in [1.165, 1.54) is 23.5 Å². The van der Waals surface area contributed by atoms with Gasteiger partial charge in [0.2, 0.25) is 0 Å². The summed E-state index contributed by atoms with van der Waals surface area (Å²) in [5.74, 6) is -0.418. The lowest BCUT2D eigenvalue weighted by atomic mass is 10.2. The maximum atomic E-state index is 13.4. The zero-order valence-corrected chi connectivity index (χ0v) is 12.0. The molecular weight excluding hydrogens is 341 g/mol. The van der Waals surface area contributed by atoms with Crippen molar-refractivity contribution in [3.8, 4) is 6.07 Å². The van der Waals surface area contributed by atoms with Crippen molar-refractivity contribution in [3.05, 3.63) is 43.5 Å². The third-order valence-electron chi connectivity index (χ3n) is 2.16. The predicted molar refractivity (Wildman–Crippen MR) is 73.3 cm³/mol. The van der Waals surface area contributed by atoms with Crippen LogP contribution in [0, 0.1) is 17.1 Å². The molecule has 0 amide bonds. The number of rotatable bonds is 3. The molecule has 2 rings (SSSR count). The second-order valence-electron chi connectivity index (χ2n) is 3.36. The molecule has 0 radical (unpaired) electrons. The number of nitrogens with one attached hydrogen (secondary N) is 1. The quantitative estimate of drug-likeness (QED) is 0.907. The molecule has 2 aromatic rings. The lowest BCUT2D eigenvalue weighted by Gasteiger charge is -2.07. The fraction of sp³-hybridized carbons (Fsp3) is 0.0909. The number of nitrogens with zero attached hydrogens (tertiary/aromatic N) is 2.